The Bertz CT molecular complexity index is 1170. The van der Waals surface area contributed by atoms with E-state index in [0.717, 1.165) is 17.8 Å². The third kappa shape index (κ3) is 3.10. The first-order valence-corrected chi connectivity index (χ1v) is 7.72. The average molecular weight is 402 g/mol. The molecule has 142 valence electrons. The molecule has 0 aliphatic heterocycles. The highest BCUT2D eigenvalue weighted by Crippen LogP contribution is 2.27. The maximum Gasteiger partial charge on any atom is 0.451 e. The molecule has 0 amide bonds. The summed E-state index contributed by atoms with van der Waals surface area (Å²) in [5, 5.41) is 5.69. The summed E-state index contributed by atoms with van der Waals surface area (Å²) < 4.78 is 40.7. The van der Waals surface area contributed by atoms with Crippen LogP contribution in [0.5, 0.6) is 0 Å². The quantitative estimate of drug-likeness (QED) is 0.673. The highest BCUT2D eigenvalue weighted by molar-refractivity contribution is 6.35. The first-order chi connectivity index (χ1) is 12.5. The van der Waals surface area contributed by atoms with Gasteiger partial charge in [-0.25, -0.2) is 4.79 Å². The molecule has 1 aromatic carbocycles. The topological polar surface area (TPSA) is 94.7 Å². The van der Waals surface area contributed by atoms with Crippen LogP contribution >= 0.6 is 11.6 Å². The molecule has 12 heteroatoms. The molecule has 0 saturated carbocycles. The molecule has 27 heavy (non-hydrogen) atoms. The molecule has 0 aliphatic carbocycles. The van der Waals surface area contributed by atoms with Crippen LogP contribution in [0, 0.1) is 0 Å². The fraction of sp³-hybridized carbons (Fsp3) is 0.200. The summed E-state index contributed by atoms with van der Waals surface area (Å²) in [6.45, 7) is 0. The number of alkyl halides is 3. The number of carbonyl (C=O) groups excluding carboxylic acids is 1. The maximum absolute atomic E-state index is 12.9. The molecule has 0 saturated heterocycles. The predicted octanol–water partition coefficient (Wildman–Crippen LogP) is 1.50. The first kappa shape index (κ1) is 18.7. The van der Waals surface area contributed by atoms with Crippen molar-refractivity contribution in [3.8, 4) is 5.69 Å². The largest absolute Gasteiger partial charge is 0.451 e. The van der Waals surface area contributed by atoms with E-state index >= 15 is 0 Å². The van der Waals surface area contributed by atoms with Crippen molar-refractivity contribution >= 4 is 17.4 Å². The van der Waals surface area contributed by atoms with Gasteiger partial charge in [0.25, 0.3) is 5.56 Å². The molecule has 2 aromatic heterocycles. The normalized spacial score (nSPS) is 11.8. The molecule has 2 heterocycles. The smallest absolute Gasteiger partial charge is 0.302 e. The van der Waals surface area contributed by atoms with Crippen molar-refractivity contribution in [2.75, 3.05) is 0 Å². The van der Waals surface area contributed by atoms with Gasteiger partial charge in [0.1, 0.15) is 5.56 Å². The number of hydrogen-bond acceptors (Lipinski definition) is 4. The van der Waals surface area contributed by atoms with Crippen LogP contribution in [-0.2, 0) is 20.3 Å². The minimum atomic E-state index is -4.81. The van der Waals surface area contributed by atoms with Crippen molar-refractivity contribution in [2.24, 2.45) is 14.1 Å². The number of halogens is 4. The molecule has 0 spiro atoms. The zero-order chi connectivity index (χ0) is 20.1. The van der Waals surface area contributed by atoms with E-state index in [0.29, 0.717) is 9.25 Å². The van der Waals surface area contributed by atoms with Crippen LogP contribution in [-0.4, -0.2) is 29.9 Å². The number of carbonyl (C=O) groups is 1. The van der Waals surface area contributed by atoms with Crippen molar-refractivity contribution in [1.82, 2.24) is 24.1 Å². The van der Waals surface area contributed by atoms with Crippen LogP contribution in [0.2, 0.25) is 5.02 Å². The summed E-state index contributed by atoms with van der Waals surface area (Å²) >= 11 is 6.06. The van der Waals surface area contributed by atoms with Gasteiger partial charge in [-0.15, -0.1) is 5.10 Å². The van der Waals surface area contributed by atoms with Crippen LogP contribution < -0.4 is 11.2 Å². The van der Waals surface area contributed by atoms with Gasteiger partial charge in [-0.1, -0.05) is 11.6 Å². The highest BCUT2D eigenvalue weighted by Gasteiger charge is 2.38. The number of hydrogen-bond donors (Lipinski definition) is 1. The number of rotatable bonds is 3. The predicted molar refractivity (Wildman–Crippen MR) is 88.3 cm³/mol. The fourth-order valence-corrected chi connectivity index (χ4v) is 2.70. The second-order valence-electron chi connectivity index (χ2n) is 5.62. The van der Waals surface area contributed by atoms with E-state index in [1.807, 2.05) is 0 Å². The zero-order valence-electron chi connectivity index (χ0n) is 13.8. The Labute approximate surface area is 153 Å². The summed E-state index contributed by atoms with van der Waals surface area (Å²) in [6.07, 6.45) is -3.60. The molecule has 3 aromatic rings. The molecular weight excluding hydrogens is 391 g/mol. The molecule has 0 atom stereocenters. The van der Waals surface area contributed by atoms with Crippen LogP contribution in [0.25, 0.3) is 5.69 Å². The van der Waals surface area contributed by atoms with E-state index in [9.17, 15) is 27.6 Å². The summed E-state index contributed by atoms with van der Waals surface area (Å²) in [5.41, 5.74) is -1.85. The molecule has 0 bridgehead atoms. The number of ketones is 1. The molecule has 3 rings (SSSR count). The second kappa shape index (κ2) is 6.27. The number of benzene rings is 1. The van der Waals surface area contributed by atoms with Gasteiger partial charge in [0.05, 0.1) is 10.7 Å². The second-order valence-corrected chi connectivity index (χ2v) is 6.03. The molecule has 8 nitrogen and oxygen atoms in total. The summed E-state index contributed by atoms with van der Waals surface area (Å²) in [6, 6.07) is 3.55. The highest BCUT2D eigenvalue weighted by atomic mass is 35.5. The van der Waals surface area contributed by atoms with Crippen LogP contribution in [0.3, 0.4) is 0 Å². The van der Waals surface area contributed by atoms with E-state index in [2.05, 4.69) is 10.2 Å². The average Bonchev–Trinajstić information content (AvgIpc) is 3.07. The number of aromatic nitrogens is 5. The SMILES string of the molecule is Cn1[nH]cc(C(=O)c2ccc(-n3nc(C(F)(F)F)n(C)c3=O)cc2Cl)c1=O. The van der Waals surface area contributed by atoms with Crippen molar-refractivity contribution in [3.63, 3.8) is 0 Å². The van der Waals surface area contributed by atoms with Crippen molar-refractivity contribution in [2.45, 2.75) is 6.18 Å². The Hall–Kier alpha value is -3.08. The number of H-pyrrole nitrogens is 1. The van der Waals surface area contributed by atoms with Crippen LogP contribution in [0.15, 0.2) is 34.0 Å². The minimum Gasteiger partial charge on any atom is -0.302 e. The standard InChI is InChI=1S/C15H11ClF3N5O3/c1-22-13(15(17,18)19)21-24(14(22)27)7-3-4-8(10(16)5-7)11(25)9-6-20-23(2)12(9)26/h3-6,20H,1-2H3. The lowest BCUT2D eigenvalue weighted by Gasteiger charge is -2.05. The molecular formula is C15H11ClF3N5O3. The fourth-order valence-electron chi connectivity index (χ4n) is 2.44. The third-order valence-corrected chi connectivity index (χ3v) is 4.17. The lowest BCUT2D eigenvalue weighted by Crippen LogP contribution is -2.23. The Morgan fingerprint density at radius 2 is 1.85 bits per heavy atom. The Kier molecular flexibility index (Phi) is 4.34. The Morgan fingerprint density at radius 1 is 1.19 bits per heavy atom. The van der Waals surface area contributed by atoms with Gasteiger partial charge in [0.15, 0.2) is 0 Å². The summed E-state index contributed by atoms with van der Waals surface area (Å²) in [7, 11) is 2.37. The molecule has 0 radical (unpaired) electrons. The summed E-state index contributed by atoms with van der Waals surface area (Å²) in [5.74, 6) is -2.04. The van der Waals surface area contributed by atoms with E-state index in [-0.39, 0.29) is 21.8 Å². The molecule has 0 aliphatic rings. The minimum absolute atomic E-state index is 0.0443. The van der Waals surface area contributed by atoms with Gasteiger partial charge < -0.3 is 5.10 Å². The molecule has 0 fully saturated rings. The lowest BCUT2D eigenvalue weighted by atomic mass is 10.1. The number of aryl methyl sites for hydroxylation is 1. The Balaban J connectivity index is 2.06. The Morgan fingerprint density at radius 3 is 2.33 bits per heavy atom. The summed E-state index contributed by atoms with van der Waals surface area (Å²) in [4.78, 5) is 36.4. The van der Waals surface area contributed by atoms with Gasteiger partial charge in [-0.2, -0.15) is 17.9 Å². The van der Waals surface area contributed by atoms with Gasteiger partial charge >= 0.3 is 11.9 Å². The van der Waals surface area contributed by atoms with Crippen LogP contribution in [0.4, 0.5) is 13.2 Å². The molecule has 0 unspecified atom stereocenters. The number of nitrogens with one attached hydrogen (secondary N) is 1. The van der Waals surface area contributed by atoms with Gasteiger partial charge in [0.2, 0.25) is 11.6 Å². The number of nitrogens with zero attached hydrogens (tertiary/aromatic N) is 4. The van der Waals surface area contributed by atoms with Crippen molar-refractivity contribution in [3.05, 3.63) is 67.2 Å². The zero-order valence-corrected chi connectivity index (χ0v) is 14.6. The van der Waals surface area contributed by atoms with Crippen LogP contribution in [0.1, 0.15) is 21.7 Å². The van der Waals surface area contributed by atoms with Gasteiger partial charge in [-0.05, 0) is 18.2 Å². The van der Waals surface area contributed by atoms with Crippen molar-refractivity contribution in [1.29, 1.82) is 0 Å². The van der Waals surface area contributed by atoms with Gasteiger partial charge in [0, 0.05) is 25.9 Å². The monoisotopic (exact) mass is 401 g/mol. The molecule has 1 N–H and O–H groups in total. The van der Waals surface area contributed by atoms with E-state index in [1.54, 1.807) is 0 Å². The first-order valence-electron chi connectivity index (χ1n) is 7.34. The van der Waals surface area contributed by atoms with Crippen molar-refractivity contribution < 1.29 is 18.0 Å². The van der Waals surface area contributed by atoms with E-state index < -0.39 is 29.0 Å². The third-order valence-electron chi connectivity index (χ3n) is 3.86. The lowest BCUT2D eigenvalue weighted by molar-refractivity contribution is -0.147. The number of aromatic amines is 1. The van der Waals surface area contributed by atoms with E-state index in [1.165, 1.54) is 25.4 Å². The van der Waals surface area contributed by atoms with E-state index in [4.69, 9.17) is 11.6 Å². The van der Waals surface area contributed by atoms with Gasteiger partial charge in [-0.3, -0.25) is 18.8 Å². The maximum atomic E-state index is 12.9.